The van der Waals surface area contributed by atoms with Crippen LogP contribution in [0.1, 0.15) is 25.7 Å². The first-order chi connectivity index (χ1) is 7.16. The smallest absolute Gasteiger partial charge is 0.239 e. The number of rotatable bonds is 3. The molecule has 2 rings (SSSR count). The minimum atomic E-state index is -0.410. The fraction of sp³-hybridized carbons (Fsp3) is 0.800. The van der Waals surface area contributed by atoms with E-state index in [-0.39, 0.29) is 18.4 Å². The number of likely N-dealkylation sites (tertiary alicyclic amines) is 1. The van der Waals surface area contributed by atoms with Crippen molar-refractivity contribution in [2.24, 2.45) is 5.73 Å². The van der Waals surface area contributed by atoms with E-state index in [1.807, 2.05) is 0 Å². The Morgan fingerprint density at radius 3 is 2.87 bits per heavy atom. The molecular formula is C10H17N3O2. The largest absolute Gasteiger partial charge is 0.352 e. The topological polar surface area (TPSA) is 75.4 Å². The zero-order valence-corrected chi connectivity index (χ0v) is 8.74. The Morgan fingerprint density at radius 1 is 1.47 bits per heavy atom. The summed E-state index contributed by atoms with van der Waals surface area (Å²) >= 11 is 0. The highest BCUT2D eigenvalue weighted by Gasteiger charge is 2.29. The van der Waals surface area contributed by atoms with Gasteiger partial charge in [0.15, 0.2) is 0 Å². The molecule has 15 heavy (non-hydrogen) atoms. The minimum Gasteiger partial charge on any atom is -0.352 e. The van der Waals surface area contributed by atoms with Crippen LogP contribution in [0, 0.1) is 0 Å². The zero-order chi connectivity index (χ0) is 10.8. The maximum atomic E-state index is 11.6. The molecule has 1 aliphatic carbocycles. The maximum Gasteiger partial charge on any atom is 0.239 e. The summed E-state index contributed by atoms with van der Waals surface area (Å²) in [5, 5.41) is 2.86. The SMILES string of the molecule is N[C@@H]1CCCN(CC(=O)NC2CC2)C1=O. The molecule has 1 saturated carbocycles. The minimum absolute atomic E-state index is 0.0556. The van der Waals surface area contributed by atoms with Crippen LogP contribution in [0.5, 0.6) is 0 Å². The average molecular weight is 211 g/mol. The third-order valence-electron chi connectivity index (χ3n) is 2.85. The number of hydrogen-bond donors (Lipinski definition) is 2. The van der Waals surface area contributed by atoms with E-state index in [0.29, 0.717) is 12.6 Å². The van der Waals surface area contributed by atoms with Gasteiger partial charge in [-0.2, -0.15) is 0 Å². The second-order valence-corrected chi connectivity index (χ2v) is 4.35. The molecule has 0 aromatic heterocycles. The first-order valence-corrected chi connectivity index (χ1v) is 5.50. The Hall–Kier alpha value is -1.10. The zero-order valence-electron chi connectivity index (χ0n) is 8.74. The molecule has 1 aliphatic heterocycles. The lowest BCUT2D eigenvalue weighted by molar-refractivity contribution is -0.139. The lowest BCUT2D eigenvalue weighted by atomic mass is 10.1. The maximum absolute atomic E-state index is 11.6. The number of carbonyl (C=O) groups is 2. The molecule has 84 valence electrons. The normalized spacial score (nSPS) is 26.6. The van der Waals surface area contributed by atoms with Crippen LogP contribution in [0.25, 0.3) is 0 Å². The van der Waals surface area contributed by atoms with Crippen molar-refractivity contribution in [2.45, 2.75) is 37.8 Å². The van der Waals surface area contributed by atoms with Gasteiger partial charge in [0, 0.05) is 12.6 Å². The van der Waals surface area contributed by atoms with Gasteiger partial charge in [-0.3, -0.25) is 9.59 Å². The van der Waals surface area contributed by atoms with E-state index >= 15 is 0 Å². The van der Waals surface area contributed by atoms with Crippen LogP contribution in [-0.2, 0) is 9.59 Å². The Labute approximate surface area is 89.0 Å². The van der Waals surface area contributed by atoms with Crippen LogP contribution in [0.15, 0.2) is 0 Å². The van der Waals surface area contributed by atoms with E-state index in [1.54, 1.807) is 4.90 Å². The van der Waals surface area contributed by atoms with Gasteiger partial charge in [0.1, 0.15) is 0 Å². The summed E-state index contributed by atoms with van der Waals surface area (Å²) in [6.07, 6.45) is 3.77. The lowest BCUT2D eigenvalue weighted by Crippen LogP contribution is -2.51. The molecule has 1 heterocycles. The summed E-state index contributed by atoms with van der Waals surface area (Å²) in [5.74, 6) is -0.146. The summed E-state index contributed by atoms with van der Waals surface area (Å²) in [4.78, 5) is 24.6. The van der Waals surface area contributed by atoms with Crippen LogP contribution < -0.4 is 11.1 Å². The van der Waals surface area contributed by atoms with E-state index in [2.05, 4.69) is 5.32 Å². The molecule has 2 amide bonds. The van der Waals surface area contributed by atoms with Crippen LogP contribution >= 0.6 is 0 Å². The van der Waals surface area contributed by atoms with Gasteiger partial charge >= 0.3 is 0 Å². The molecule has 1 atom stereocenters. The van der Waals surface area contributed by atoms with E-state index in [0.717, 1.165) is 25.7 Å². The van der Waals surface area contributed by atoms with Gasteiger partial charge in [-0.15, -0.1) is 0 Å². The molecule has 0 bridgehead atoms. The van der Waals surface area contributed by atoms with Crippen LogP contribution in [-0.4, -0.2) is 41.9 Å². The van der Waals surface area contributed by atoms with Gasteiger partial charge in [0.25, 0.3) is 0 Å². The third-order valence-corrected chi connectivity index (χ3v) is 2.85. The van der Waals surface area contributed by atoms with Gasteiger partial charge in [-0.25, -0.2) is 0 Å². The monoisotopic (exact) mass is 211 g/mol. The summed E-state index contributed by atoms with van der Waals surface area (Å²) in [7, 11) is 0. The van der Waals surface area contributed by atoms with Gasteiger partial charge in [-0.1, -0.05) is 0 Å². The van der Waals surface area contributed by atoms with Crippen molar-refractivity contribution < 1.29 is 9.59 Å². The van der Waals surface area contributed by atoms with E-state index < -0.39 is 6.04 Å². The average Bonchev–Trinajstić information content (AvgIpc) is 2.97. The quantitative estimate of drug-likeness (QED) is 0.642. The number of nitrogens with zero attached hydrogens (tertiary/aromatic N) is 1. The fourth-order valence-electron chi connectivity index (χ4n) is 1.80. The highest BCUT2D eigenvalue weighted by Crippen LogP contribution is 2.18. The summed E-state index contributed by atoms with van der Waals surface area (Å²) < 4.78 is 0. The fourth-order valence-corrected chi connectivity index (χ4v) is 1.80. The summed E-state index contributed by atoms with van der Waals surface area (Å²) in [5.41, 5.74) is 5.64. The molecule has 0 spiro atoms. The number of nitrogens with two attached hydrogens (primary N) is 1. The van der Waals surface area contributed by atoms with Gasteiger partial charge in [0.2, 0.25) is 11.8 Å². The van der Waals surface area contributed by atoms with E-state index in [9.17, 15) is 9.59 Å². The molecule has 0 unspecified atom stereocenters. The van der Waals surface area contributed by atoms with Crippen LogP contribution in [0.2, 0.25) is 0 Å². The van der Waals surface area contributed by atoms with Gasteiger partial charge in [0.05, 0.1) is 12.6 Å². The van der Waals surface area contributed by atoms with Crippen LogP contribution in [0.3, 0.4) is 0 Å². The van der Waals surface area contributed by atoms with Crippen molar-refractivity contribution in [2.75, 3.05) is 13.1 Å². The number of carbonyl (C=O) groups excluding carboxylic acids is 2. The van der Waals surface area contributed by atoms with E-state index in [1.165, 1.54) is 0 Å². The summed E-state index contributed by atoms with van der Waals surface area (Å²) in [6.45, 7) is 0.827. The Kier molecular flexibility index (Phi) is 2.90. The summed E-state index contributed by atoms with van der Waals surface area (Å²) in [6, 6.07) is -0.0569. The van der Waals surface area contributed by atoms with Crippen LogP contribution in [0.4, 0.5) is 0 Å². The molecule has 5 heteroatoms. The highest BCUT2D eigenvalue weighted by atomic mass is 16.2. The van der Waals surface area contributed by atoms with Crippen molar-refractivity contribution in [1.82, 2.24) is 10.2 Å². The molecule has 3 N–H and O–H groups in total. The first-order valence-electron chi connectivity index (χ1n) is 5.50. The van der Waals surface area contributed by atoms with E-state index in [4.69, 9.17) is 5.73 Å². The molecule has 0 aromatic carbocycles. The van der Waals surface area contributed by atoms with Gasteiger partial charge in [-0.05, 0) is 25.7 Å². The standard InChI is InChI=1S/C10H17N3O2/c11-8-2-1-5-13(10(8)15)6-9(14)12-7-3-4-7/h7-8H,1-6,11H2,(H,12,14)/t8-/m1/s1. The predicted molar refractivity (Wildman–Crippen MR) is 55.0 cm³/mol. The number of amides is 2. The number of nitrogens with one attached hydrogen (secondary N) is 1. The molecule has 2 aliphatic rings. The molecular weight excluding hydrogens is 194 g/mol. The van der Waals surface area contributed by atoms with Gasteiger partial charge < -0.3 is 16.0 Å². The second-order valence-electron chi connectivity index (χ2n) is 4.35. The van der Waals surface area contributed by atoms with Crippen molar-refractivity contribution in [3.05, 3.63) is 0 Å². The highest BCUT2D eigenvalue weighted by molar-refractivity contribution is 5.88. The lowest BCUT2D eigenvalue weighted by Gasteiger charge is -2.29. The van der Waals surface area contributed by atoms with Crippen molar-refractivity contribution >= 4 is 11.8 Å². The molecule has 0 radical (unpaired) electrons. The second kappa shape index (κ2) is 4.18. The third kappa shape index (κ3) is 2.68. The molecule has 5 nitrogen and oxygen atoms in total. The van der Waals surface area contributed by atoms with Crippen molar-refractivity contribution in [3.8, 4) is 0 Å². The Morgan fingerprint density at radius 2 is 2.20 bits per heavy atom. The predicted octanol–water partition coefficient (Wildman–Crippen LogP) is -0.785. The number of hydrogen-bond acceptors (Lipinski definition) is 3. The number of piperidine rings is 1. The Balaban J connectivity index is 1.81. The Bertz CT molecular complexity index is 276. The van der Waals surface area contributed by atoms with Crippen molar-refractivity contribution in [1.29, 1.82) is 0 Å². The molecule has 2 fully saturated rings. The molecule has 1 saturated heterocycles. The van der Waals surface area contributed by atoms with Crippen molar-refractivity contribution in [3.63, 3.8) is 0 Å². The molecule has 0 aromatic rings. The first kappa shape index (κ1) is 10.4.